The van der Waals surface area contributed by atoms with E-state index in [0.717, 1.165) is 0 Å². The summed E-state index contributed by atoms with van der Waals surface area (Å²) in [5.74, 6) is 0.165. The largest absolute Gasteiger partial charge is 0.487 e. The second-order valence-electron chi connectivity index (χ2n) is 4.59. The number of hydrazone groups is 1. The van der Waals surface area contributed by atoms with E-state index < -0.39 is 0 Å². The summed E-state index contributed by atoms with van der Waals surface area (Å²) in [7, 11) is 0. The van der Waals surface area contributed by atoms with E-state index in [1.54, 1.807) is 30.3 Å². The molecule has 0 aliphatic heterocycles. The zero-order valence-corrected chi connectivity index (χ0v) is 15.1. The highest BCUT2D eigenvalue weighted by Crippen LogP contribution is 2.32. The minimum absolute atomic E-state index is 0.144. The molecule has 0 fully saturated rings. The van der Waals surface area contributed by atoms with Gasteiger partial charge in [0.25, 0.3) is 0 Å². The van der Waals surface area contributed by atoms with Crippen molar-refractivity contribution in [3.8, 4) is 5.75 Å². The topological polar surface area (TPSA) is 83.5 Å². The smallest absolute Gasteiger partial charge is 0.206 e. The van der Waals surface area contributed by atoms with Gasteiger partial charge < -0.3 is 10.5 Å². The van der Waals surface area contributed by atoms with Crippen molar-refractivity contribution in [2.75, 3.05) is 0 Å². The van der Waals surface area contributed by atoms with Crippen LogP contribution in [0.3, 0.4) is 0 Å². The summed E-state index contributed by atoms with van der Waals surface area (Å²) in [5, 5.41) is 12.4. The Bertz CT molecular complexity index is 795. The Labute approximate surface area is 158 Å². The first kappa shape index (κ1) is 18.7. The molecule has 4 N–H and O–H groups in total. The molecule has 0 aliphatic rings. The quantitative estimate of drug-likeness (QED) is 0.292. The van der Waals surface area contributed by atoms with Gasteiger partial charge in [-0.25, -0.2) is 5.43 Å². The van der Waals surface area contributed by atoms with Gasteiger partial charge in [-0.3, -0.25) is 5.41 Å². The first-order valence-electron chi connectivity index (χ1n) is 6.56. The Morgan fingerprint density at radius 1 is 1.21 bits per heavy atom. The highest BCUT2D eigenvalue weighted by atomic mass is 35.5. The standard InChI is InChI=1S/C15H12Cl4N4O/c16-10-4-9(13(18)11(17)5-10)7-24-12-3-1-2-8(14(12)19)6-22-23-15(20)21/h1-6H,7H2,(H4,20,21,23)/b22-6+. The third-order valence-electron chi connectivity index (χ3n) is 2.83. The van der Waals surface area contributed by atoms with E-state index in [1.807, 2.05) is 0 Å². The van der Waals surface area contributed by atoms with E-state index in [-0.39, 0.29) is 12.6 Å². The monoisotopic (exact) mass is 404 g/mol. The van der Waals surface area contributed by atoms with Crippen LogP contribution in [0.5, 0.6) is 5.75 Å². The molecule has 0 atom stereocenters. The van der Waals surface area contributed by atoms with Crippen LogP contribution in [0.15, 0.2) is 35.4 Å². The molecular formula is C15H12Cl4N4O. The second-order valence-corrected chi connectivity index (χ2v) is 6.19. The van der Waals surface area contributed by atoms with Crippen molar-refractivity contribution in [3.05, 3.63) is 61.5 Å². The second kappa shape index (κ2) is 8.44. The maximum atomic E-state index is 7.03. The fourth-order valence-corrected chi connectivity index (χ4v) is 2.71. The number of guanidine groups is 1. The van der Waals surface area contributed by atoms with Crippen LogP contribution in [-0.4, -0.2) is 12.2 Å². The molecule has 5 nitrogen and oxygen atoms in total. The van der Waals surface area contributed by atoms with Crippen molar-refractivity contribution < 1.29 is 4.74 Å². The summed E-state index contributed by atoms with van der Waals surface area (Å²) in [6, 6.07) is 8.43. The van der Waals surface area contributed by atoms with Crippen LogP contribution in [-0.2, 0) is 6.61 Å². The van der Waals surface area contributed by atoms with E-state index in [9.17, 15) is 0 Å². The van der Waals surface area contributed by atoms with Crippen molar-refractivity contribution in [2.45, 2.75) is 6.61 Å². The SMILES string of the molecule is N=C(N)N/N=C/c1cccc(OCc2cc(Cl)cc(Cl)c2Cl)c1Cl. The van der Waals surface area contributed by atoms with E-state index in [2.05, 4.69) is 10.5 Å². The van der Waals surface area contributed by atoms with Crippen molar-refractivity contribution in [1.29, 1.82) is 5.41 Å². The van der Waals surface area contributed by atoms with E-state index in [1.165, 1.54) is 6.21 Å². The lowest BCUT2D eigenvalue weighted by atomic mass is 10.2. The Hall–Kier alpha value is -1.66. The van der Waals surface area contributed by atoms with Crippen molar-refractivity contribution in [1.82, 2.24) is 5.43 Å². The summed E-state index contributed by atoms with van der Waals surface area (Å²) in [5.41, 5.74) is 8.68. The first-order chi connectivity index (χ1) is 11.4. The van der Waals surface area contributed by atoms with Gasteiger partial charge in [0.2, 0.25) is 5.96 Å². The minimum Gasteiger partial charge on any atom is -0.487 e. The Morgan fingerprint density at radius 2 is 1.96 bits per heavy atom. The Morgan fingerprint density at radius 3 is 2.67 bits per heavy atom. The number of nitrogens with one attached hydrogen (secondary N) is 2. The molecule has 0 radical (unpaired) electrons. The predicted octanol–water partition coefficient (Wildman–Crippen LogP) is 4.70. The van der Waals surface area contributed by atoms with Gasteiger partial charge in [-0.15, -0.1) is 0 Å². The van der Waals surface area contributed by atoms with Crippen LogP contribution in [0.4, 0.5) is 0 Å². The molecular weight excluding hydrogens is 394 g/mol. The van der Waals surface area contributed by atoms with Crippen LogP contribution in [0.2, 0.25) is 20.1 Å². The Balaban J connectivity index is 2.16. The Kier molecular flexibility index (Phi) is 6.57. The average molecular weight is 406 g/mol. The van der Waals surface area contributed by atoms with Gasteiger partial charge in [-0.1, -0.05) is 58.5 Å². The molecule has 0 heterocycles. The molecule has 0 saturated carbocycles. The fraction of sp³-hybridized carbons (Fsp3) is 0.0667. The summed E-state index contributed by atoms with van der Waals surface area (Å²) >= 11 is 24.4. The molecule has 0 saturated heterocycles. The highest BCUT2D eigenvalue weighted by molar-refractivity contribution is 6.43. The number of benzene rings is 2. The summed E-state index contributed by atoms with van der Waals surface area (Å²) in [6.45, 7) is 0.144. The third-order valence-corrected chi connectivity index (χ3v) is 4.30. The average Bonchev–Trinajstić information content (AvgIpc) is 2.51. The van der Waals surface area contributed by atoms with Crippen LogP contribution < -0.4 is 15.9 Å². The number of hydrogen-bond acceptors (Lipinski definition) is 3. The summed E-state index contributed by atoms with van der Waals surface area (Å²) in [6.07, 6.45) is 1.43. The first-order valence-corrected chi connectivity index (χ1v) is 8.07. The van der Waals surface area contributed by atoms with Gasteiger partial charge in [0.05, 0.1) is 21.3 Å². The molecule has 126 valence electrons. The lowest BCUT2D eigenvalue weighted by molar-refractivity contribution is 0.306. The maximum Gasteiger partial charge on any atom is 0.206 e. The molecule has 2 aromatic carbocycles. The van der Waals surface area contributed by atoms with Crippen molar-refractivity contribution in [3.63, 3.8) is 0 Å². The zero-order chi connectivity index (χ0) is 17.7. The van der Waals surface area contributed by atoms with E-state index >= 15 is 0 Å². The molecule has 0 aliphatic carbocycles. The molecule has 2 rings (SSSR count). The molecule has 0 aromatic heterocycles. The molecule has 9 heteroatoms. The summed E-state index contributed by atoms with van der Waals surface area (Å²) in [4.78, 5) is 0. The van der Waals surface area contributed by atoms with Gasteiger partial charge in [0.15, 0.2) is 0 Å². The minimum atomic E-state index is -0.276. The van der Waals surface area contributed by atoms with Crippen molar-refractivity contribution in [2.24, 2.45) is 10.8 Å². The van der Waals surface area contributed by atoms with Gasteiger partial charge in [-0.2, -0.15) is 5.10 Å². The molecule has 0 spiro atoms. The predicted molar refractivity (Wildman–Crippen MR) is 99.9 cm³/mol. The van der Waals surface area contributed by atoms with Gasteiger partial charge in [0, 0.05) is 16.1 Å². The van der Waals surface area contributed by atoms with Gasteiger partial charge in [0.1, 0.15) is 12.4 Å². The number of halogens is 4. The van der Waals surface area contributed by atoms with Gasteiger partial charge >= 0.3 is 0 Å². The van der Waals surface area contributed by atoms with Crippen LogP contribution in [0.1, 0.15) is 11.1 Å². The normalized spacial score (nSPS) is 10.8. The number of nitrogens with two attached hydrogens (primary N) is 1. The van der Waals surface area contributed by atoms with Crippen LogP contribution >= 0.6 is 46.4 Å². The zero-order valence-electron chi connectivity index (χ0n) is 12.1. The maximum absolute atomic E-state index is 7.03. The van der Waals surface area contributed by atoms with E-state index in [0.29, 0.717) is 37.0 Å². The highest BCUT2D eigenvalue weighted by Gasteiger charge is 2.10. The lowest BCUT2D eigenvalue weighted by Gasteiger charge is -2.11. The number of rotatable bonds is 5. The number of nitrogens with zero attached hydrogens (tertiary/aromatic N) is 1. The van der Waals surface area contributed by atoms with E-state index in [4.69, 9.17) is 62.3 Å². The number of ether oxygens (including phenoxy) is 1. The molecule has 24 heavy (non-hydrogen) atoms. The fourth-order valence-electron chi connectivity index (χ4n) is 1.78. The van der Waals surface area contributed by atoms with Crippen LogP contribution in [0.25, 0.3) is 0 Å². The van der Waals surface area contributed by atoms with Gasteiger partial charge in [-0.05, 0) is 18.2 Å². The van der Waals surface area contributed by atoms with Crippen LogP contribution in [0, 0.1) is 5.41 Å². The number of hydrogen-bond donors (Lipinski definition) is 3. The summed E-state index contributed by atoms with van der Waals surface area (Å²) < 4.78 is 5.70. The molecule has 0 unspecified atom stereocenters. The molecule has 2 aromatic rings. The van der Waals surface area contributed by atoms with Crippen molar-refractivity contribution >= 4 is 58.6 Å². The molecule has 0 bridgehead atoms. The lowest BCUT2D eigenvalue weighted by Crippen LogP contribution is -2.25. The molecule has 0 amide bonds. The third kappa shape index (κ3) is 4.92.